The van der Waals surface area contributed by atoms with E-state index >= 15 is 0 Å². The average Bonchev–Trinajstić information content (AvgIpc) is 2.17. The van der Waals surface area contributed by atoms with Gasteiger partial charge in [0.15, 0.2) is 5.78 Å². The first-order valence-electron chi connectivity index (χ1n) is 5.59. The summed E-state index contributed by atoms with van der Waals surface area (Å²) in [5, 5.41) is 0. The van der Waals surface area contributed by atoms with E-state index in [-0.39, 0.29) is 24.0 Å². The molecule has 0 heterocycles. The van der Waals surface area contributed by atoms with Crippen LogP contribution in [0.5, 0.6) is 0 Å². The molecule has 2 unspecified atom stereocenters. The summed E-state index contributed by atoms with van der Waals surface area (Å²) < 4.78 is 4.76. The molecule has 0 radical (unpaired) electrons. The number of hydrogen-bond acceptors (Lipinski definition) is 3. The smallest absolute Gasteiger partial charge is 0.313 e. The molecular weight excluding hydrogens is 204 g/mol. The largest absolute Gasteiger partial charge is 0.466 e. The molecule has 0 aromatic rings. The van der Waals surface area contributed by atoms with Gasteiger partial charge in [-0.3, -0.25) is 9.59 Å². The van der Waals surface area contributed by atoms with Crippen LogP contribution in [0.3, 0.4) is 0 Å². The highest BCUT2D eigenvalue weighted by Gasteiger charge is 2.25. The second-order valence-corrected chi connectivity index (χ2v) is 4.10. The minimum Gasteiger partial charge on any atom is -0.466 e. The van der Waals surface area contributed by atoms with Crippen molar-refractivity contribution in [2.24, 2.45) is 11.8 Å². The third kappa shape index (κ3) is 3.33. The second kappa shape index (κ2) is 5.64. The standard InChI is InChI=1S/C13H18O3/c1-4-16-13(15)8-12(14)11-6-5-9(2)7-10(11)3/h5-7,10-11H,4,8H2,1-3H3. The summed E-state index contributed by atoms with van der Waals surface area (Å²) in [5.41, 5.74) is 1.16. The number of Topliss-reactive ketones (excluding diaryl/α,β-unsaturated/α-hetero) is 1. The molecule has 2 atom stereocenters. The lowest BCUT2D eigenvalue weighted by Crippen LogP contribution is -2.24. The molecule has 0 spiro atoms. The fourth-order valence-electron chi connectivity index (χ4n) is 1.88. The van der Waals surface area contributed by atoms with Gasteiger partial charge in [-0.05, 0) is 19.8 Å². The van der Waals surface area contributed by atoms with Gasteiger partial charge in [0.2, 0.25) is 0 Å². The van der Waals surface area contributed by atoms with E-state index in [4.69, 9.17) is 4.74 Å². The molecular formula is C13H18O3. The van der Waals surface area contributed by atoms with Crippen LogP contribution in [0.4, 0.5) is 0 Å². The van der Waals surface area contributed by atoms with Gasteiger partial charge < -0.3 is 4.74 Å². The minimum atomic E-state index is -0.431. The Bertz CT molecular complexity index is 339. The van der Waals surface area contributed by atoms with Crippen LogP contribution in [0.2, 0.25) is 0 Å². The summed E-state index contributed by atoms with van der Waals surface area (Å²) >= 11 is 0. The van der Waals surface area contributed by atoms with Crippen molar-refractivity contribution in [1.82, 2.24) is 0 Å². The number of ketones is 1. The molecule has 0 saturated carbocycles. The van der Waals surface area contributed by atoms with Gasteiger partial charge in [-0.15, -0.1) is 0 Å². The lowest BCUT2D eigenvalue weighted by Gasteiger charge is -2.20. The van der Waals surface area contributed by atoms with E-state index in [9.17, 15) is 9.59 Å². The van der Waals surface area contributed by atoms with Crippen molar-refractivity contribution in [3.05, 3.63) is 23.8 Å². The monoisotopic (exact) mass is 222 g/mol. The zero-order chi connectivity index (χ0) is 12.1. The summed E-state index contributed by atoms with van der Waals surface area (Å²) in [6.45, 7) is 6.04. The molecule has 1 aliphatic rings. The van der Waals surface area contributed by atoms with E-state index in [1.807, 2.05) is 32.1 Å². The minimum absolute atomic E-state index is 0.0639. The zero-order valence-corrected chi connectivity index (χ0v) is 10.0. The third-order valence-corrected chi connectivity index (χ3v) is 2.65. The maximum atomic E-state index is 11.8. The number of esters is 1. The predicted octanol–water partition coefficient (Wildman–Crippen LogP) is 2.28. The molecule has 0 fully saturated rings. The van der Waals surface area contributed by atoms with Crippen LogP contribution in [0.25, 0.3) is 0 Å². The zero-order valence-electron chi connectivity index (χ0n) is 10.0. The molecule has 88 valence electrons. The number of allylic oxidation sites excluding steroid dienone is 4. The van der Waals surface area contributed by atoms with Gasteiger partial charge >= 0.3 is 5.97 Å². The molecule has 0 aromatic carbocycles. The highest BCUT2D eigenvalue weighted by molar-refractivity contribution is 5.98. The molecule has 16 heavy (non-hydrogen) atoms. The topological polar surface area (TPSA) is 43.4 Å². The average molecular weight is 222 g/mol. The lowest BCUT2D eigenvalue weighted by molar-refractivity contribution is -0.146. The summed E-state index contributed by atoms with van der Waals surface area (Å²) in [7, 11) is 0. The van der Waals surface area contributed by atoms with Crippen LogP contribution in [-0.4, -0.2) is 18.4 Å². The Kier molecular flexibility index (Phi) is 4.47. The van der Waals surface area contributed by atoms with E-state index in [0.717, 1.165) is 5.57 Å². The van der Waals surface area contributed by atoms with Crippen molar-refractivity contribution in [3.8, 4) is 0 Å². The van der Waals surface area contributed by atoms with Gasteiger partial charge in [-0.1, -0.05) is 30.7 Å². The van der Waals surface area contributed by atoms with Gasteiger partial charge in [0.25, 0.3) is 0 Å². The Labute approximate surface area is 96.2 Å². The number of rotatable bonds is 4. The highest BCUT2D eigenvalue weighted by Crippen LogP contribution is 2.24. The lowest BCUT2D eigenvalue weighted by atomic mass is 9.83. The van der Waals surface area contributed by atoms with Crippen LogP contribution < -0.4 is 0 Å². The molecule has 0 saturated heterocycles. The van der Waals surface area contributed by atoms with Crippen LogP contribution in [0.15, 0.2) is 23.8 Å². The predicted molar refractivity (Wildman–Crippen MR) is 61.8 cm³/mol. The normalized spacial score (nSPS) is 23.8. The molecule has 0 aliphatic heterocycles. The molecule has 0 aromatic heterocycles. The first kappa shape index (κ1) is 12.7. The van der Waals surface area contributed by atoms with Crippen LogP contribution in [0.1, 0.15) is 27.2 Å². The molecule has 1 rings (SSSR count). The number of carbonyl (C=O) groups excluding carboxylic acids is 2. The fourth-order valence-corrected chi connectivity index (χ4v) is 1.88. The molecule has 1 aliphatic carbocycles. The Morgan fingerprint density at radius 3 is 2.69 bits per heavy atom. The Balaban J connectivity index is 2.56. The fraction of sp³-hybridized carbons (Fsp3) is 0.538. The quantitative estimate of drug-likeness (QED) is 0.541. The van der Waals surface area contributed by atoms with E-state index in [1.165, 1.54) is 0 Å². The van der Waals surface area contributed by atoms with Crippen molar-refractivity contribution in [1.29, 1.82) is 0 Å². The number of ether oxygens (including phenoxy) is 1. The Hall–Kier alpha value is -1.38. The van der Waals surface area contributed by atoms with Crippen molar-refractivity contribution in [2.45, 2.75) is 27.2 Å². The van der Waals surface area contributed by atoms with E-state index in [1.54, 1.807) is 6.92 Å². The summed E-state index contributed by atoms with van der Waals surface area (Å²) in [6, 6.07) is 0. The van der Waals surface area contributed by atoms with Crippen molar-refractivity contribution in [3.63, 3.8) is 0 Å². The third-order valence-electron chi connectivity index (χ3n) is 2.65. The molecule has 3 nitrogen and oxygen atoms in total. The molecule has 0 amide bonds. The van der Waals surface area contributed by atoms with Gasteiger partial charge in [0.1, 0.15) is 6.42 Å². The van der Waals surface area contributed by atoms with E-state index in [0.29, 0.717) is 6.61 Å². The van der Waals surface area contributed by atoms with Gasteiger partial charge in [-0.2, -0.15) is 0 Å². The summed E-state index contributed by atoms with van der Waals surface area (Å²) in [6.07, 6.45) is 5.73. The van der Waals surface area contributed by atoms with Gasteiger partial charge in [0, 0.05) is 5.92 Å². The first-order chi connectivity index (χ1) is 7.54. The summed E-state index contributed by atoms with van der Waals surface area (Å²) in [4.78, 5) is 23.0. The van der Waals surface area contributed by atoms with Crippen LogP contribution in [-0.2, 0) is 14.3 Å². The Morgan fingerprint density at radius 2 is 2.12 bits per heavy atom. The molecule has 3 heteroatoms. The second-order valence-electron chi connectivity index (χ2n) is 4.10. The van der Waals surface area contributed by atoms with Gasteiger partial charge in [-0.25, -0.2) is 0 Å². The van der Waals surface area contributed by atoms with Crippen molar-refractivity contribution < 1.29 is 14.3 Å². The first-order valence-corrected chi connectivity index (χ1v) is 5.59. The molecule has 0 bridgehead atoms. The van der Waals surface area contributed by atoms with Crippen LogP contribution in [0, 0.1) is 11.8 Å². The molecule has 0 N–H and O–H groups in total. The van der Waals surface area contributed by atoms with Crippen molar-refractivity contribution in [2.75, 3.05) is 6.61 Å². The van der Waals surface area contributed by atoms with E-state index in [2.05, 4.69) is 0 Å². The summed E-state index contributed by atoms with van der Waals surface area (Å²) in [5.74, 6) is -0.523. The van der Waals surface area contributed by atoms with Gasteiger partial charge in [0.05, 0.1) is 6.61 Å². The Morgan fingerprint density at radius 1 is 1.44 bits per heavy atom. The highest BCUT2D eigenvalue weighted by atomic mass is 16.5. The maximum Gasteiger partial charge on any atom is 0.313 e. The SMILES string of the molecule is CCOC(=O)CC(=O)C1C=CC(C)=CC1C. The number of hydrogen-bond donors (Lipinski definition) is 0. The van der Waals surface area contributed by atoms with E-state index < -0.39 is 5.97 Å². The van der Waals surface area contributed by atoms with Crippen molar-refractivity contribution >= 4 is 11.8 Å². The maximum absolute atomic E-state index is 11.8. The number of carbonyl (C=O) groups is 2. The van der Waals surface area contributed by atoms with Crippen LogP contribution >= 0.6 is 0 Å².